The number of hydrogen-bond donors (Lipinski definition) is 0. The van der Waals surface area contributed by atoms with E-state index in [2.05, 4.69) is 4.98 Å². The first-order valence-corrected chi connectivity index (χ1v) is 7.19. The first kappa shape index (κ1) is 14.7. The maximum Gasteiger partial charge on any atom is 0.254 e. The molecule has 1 fully saturated rings. The number of aromatic nitrogens is 1. The Kier molecular flexibility index (Phi) is 4.02. The van der Waals surface area contributed by atoms with Crippen molar-refractivity contribution in [2.75, 3.05) is 24.5 Å². The second-order valence-corrected chi connectivity index (χ2v) is 5.18. The maximum absolute atomic E-state index is 12.5. The molecule has 1 saturated heterocycles. The lowest BCUT2D eigenvalue weighted by atomic mass is 10.1. The molecule has 1 aliphatic rings. The number of carbonyl (C=O) groups is 2. The van der Waals surface area contributed by atoms with Gasteiger partial charge in [0, 0.05) is 24.8 Å². The highest BCUT2D eigenvalue weighted by Crippen LogP contribution is 2.17. The normalized spacial score (nSPS) is 14.5. The number of carbonyl (C=O) groups excluding carboxylic acids is 2. The Morgan fingerprint density at radius 1 is 1.22 bits per heavy atom. The number of benzene rings is 1. The van der Waals surface area contributed by atoms with Crippen molar-refractivity contribution in [2.45, 2.75) is 0 Å². The Bertz CT molecular complexity index is 783. The monoisotopic (exact) mass is 306 g/mol. The van der Waals surface area contributed by atoms with Crippen LogP contribution in [0, 0.1) is 11.3 Å². The third kappa shape index (κ3) is 3.04. The molecule has 3 rings (SSSR count). The highest BCUT2D eigenvalue weighted by Gasteiger charge is 2.28. The van der Waals surface area contributed by atoms with E-state index in [1.807, 2.05) is 12.1 Å². The predicted octanol–water partition coefficient (Wildman–Crippen LogP) is 1.44. The minimum absolute atomic E-state index is 0.0184. The molecule has 0 N–H and O–H groups in total. The molecular weight excluding hydrogens is 292 g/mol. The lowest BCUT2D eigenvalue weighted by Gasteiger charge is -2.34. The van der Waals surface area contributed by atoms with Crippen LogP contribution in [0.15, 0.2) is 48.8 Å². The molecular formula is C17H14N4O2. The number of amides is 2. The molecule has 1 aliphatic heterocycles. The molecule has 0 unspecified atom stereocenters. The Hall–Kier alpha value is -3.20. The van der Waals surface area contributed by atoms with Gasteiger partial charge in [-0.15, -0.1) is 0 Å². The zero-order valence-corrected chi connectivity index (χ0v) is 12.3. The molecule has 0 saturated carbocycles. The van der Waals surface area contributed by atoms with E-state index in [9.17, 15) is 9.59 Å². The third-order valence-corrected chi connectivity index (χ3v) is 3.70. The van der Waals surface area contributed by atoms with Crippen LogP contribution in [0.25, 0.3) is 0 Å². The van der Waals surface area contributed by atoms with Gasteiger partial charge >= 0.3 is 0 Å². The van der Waals surface area contributed by atoms with Crippen LogP contribution in [0.3, 0.4) is 0 Å². The molecule has 0 radical (unpaired) electrons. The van der Waals surface area contributed by atoms with E-state index in [0.29, 0.717) is 24.2 Å². The van der Waals surface area contributed by atoms with E-state index in [4.69, 9.17) is 5.26 Å². The SMILES string of the molecule is N#Cc1cccc(C(=O)N2CCN(c3cccnc3)C(=O)C2)c1. The molecule has 0 spiro atoms. The molecule has 1 aromatic carbocycles. The van der Waals surface area contributed by atoms with Gasteiger partial charge in [0.2, 0.25) is 5.91 Å². The van der Waals surface area contributed by atoms with Crippen molar-refractivity contribution >= 4 is 17.5 Å². The Morgan fingerprint density at radius 3 is 2.78 bits per heavy atom. The fraction of sp³-hybridized carbons (Fsp3) is 0.176. The Balaban J connectivity index is 1.73. The van der Waals surface area contributed by atoms with Gasteiger partial charge in [0.25, 0.3) is 5.91 Å². The van der Waals surface area contributed by atoms with E-state index in [1.54, 1.807) is 47.6 Å². The number of pyridine rings is 1. The number of piperazine rings is 1. The standard InChI is InChI=1S/C17H14N4O2/c18-10-13-3-1-4-14(9-13)17(23)20-7-8-21(16(22)12-20)15-5-2-6-19-11-15/h1-6,9,11H,7-8,12H2. The lowest BCUT2D eigenvalue weighted by molar-refractivity contribution is -0.120. The first-order chi connectivity index (χ1) is 11.2. The molecule has 23 heavy (non-hydrogen) atoms. The minimum Gasteiger partial charge on any atom is -0.328 e. The summed E-state index contributed by atoms with van der Waals surface area (Å²) in [5.74, 6) is -0.379. The lowest BCUT2D eigenvalue weighted by Crippen LogP contribution is -2.52. The minimum atomic E-state index is -0.235. The van der Waals surface area contributed by atoms with Crippen molar-refractivity contribution in [1.82, 2.24) is 9.88 Å². The van der Waals surface area contributed by atoms with Crippen molar-refractivity contribution < 1.29 is 9.59 Å². The summed E-state index contributed by atoms with van der Waals surface area (Å²) in [4.78, 5) is 31.9. The molecule has 0 bridgehead atoms. The molecule has 1 aromatic heterocycles. The number of rotatable bonds is 2. The smallest absolute Gasteiger partial charge is 0.254 e. The summed E-state index contributed by atoms with van der Waals surface area (Å²) < 4.78 is 0. The fourth-order valence-electron chi connectivity index (χ4n) is 2.54. The van der Waals surface area contributed by atoms with Crippen LogP contribution in [0.2, 0.25) is 0 Å². The van der Waals surface area contributed by atoms with Gasteiger partial charge in [-0.3, -0.25) is 14.6 Å². The quantitative estimate of drug-likeness (QED) is 0.841. The Morgan fingerprint density at radius 2 is 2.09 bits per heavy atom. The highest BCUT2D eigenvalue weighted by molar-refractivity contribution is 6.01. The average Bonchev–Trinajstić information content (AvgIpc) is 2.61. The van der Waals surface area contributed by atoms with Gasteiger partial charge in [0.15, 0.2) is 0 Å². The van der Waals surface area contributed by atoms with E-state index >= 15 is 0 Å². The van der Waals surface area contributed by atoms with Gasteiger partial charge in [0.05, 0.1) is 23.5 Å². The number of nitrogens with zero attached hydrogens (tertiary/aromatic N) is 4. The summed E-state index contributed by atoms with van der Waals surface area (Å²) in [5, 5.41) is 8.92. The summed E-state index contributed by atoms with van der Waals surface area (Å²) in [6.45, 7) is 0.884. The summed E-state index contributed by atoms with van der Waals surface area (Å²) in [5.41, 5.74) is 1.58. The number of hydrogen-bond acceptors (Lipinski definition) is 4. The summed E-state index contributed by atoms with van der Waals surface area (Å²) in [7, 11) is 0. The van der Waals surface area contributed by atoms with Crippen molar-refractivity contribution in [3.8, 4) is 6.07 Å². The van der Waals surface area contributed by atoms with Crippen LogP contribution >= 0.6 is 0 Å². The second-order valence-electron chi connectivity index (χ2n) is 5.18. The predicted molar refractivity (Wildman–Crippen MR) is 83.7 cm³/mol. The van der Waals surface area contributed by atoms with Crippen LogP contribution in [0.1, 0.15) is 15.9 Å². The topological polar surface area (TPSA) is 77.3 Å². The molecule has 114 valence electrons. The van der Waals surface area contributed by atoms with Crippen molar-refractivity contribution in [3.63, 3.8) is 0 Å². The third-order valence-electron chi connectivity index (χ3n) is 3.70. The van der Waals surface area contributed by atoms with E-state index in [0.717, 1.165) is 5.69 Å². The van der Waals surface area contributed by atoms with Gasteiger partial charge in [-0.2, -0.15) is 5.26 Å². The van der Waals surface area contributed by atoms with Crippen molar-refractivity contribution in [1.29, 1.82) is 5.26 Å². The molecule has 6 heteroatoms. The van der Waals surface area contributed by atoms with Gasteiger partial charge in [-0.05, 0) is 30.3 Å². The molecule has 0 atom stereocenters. The van der Waals surface area contributed by atoms with Crippen LogP contribution in [0.5, 0.6) is 0 Å². The molecule has 6 nitrogen and oxygen atoms in total. The molecule has 2 heterocycles. The van der Waals surface area contributed by atoms with Crippen molar-refractivity contribution in [3.05, 3.63) is 59.9 Å². The van der Waals surface area contributed by atoms with Crippen LogP contribution in [0.4, 0.5) is 5.69 Å². The maximum atomic E-state index is 12.5. The van der Waals surface area contributed by atoms with Gasteiger partial charge in [0.1, 0.15) is 6.54 Å². The van der Waals surface area contributed by atoms with E-state index in [1.165, 1.54) is 4.90 Å². The van der Waals surface area contributed by atoms with Crippen LogP contribution < -0.4 is 4.90 Å². The van der Waals surface area contributed by atoms with Crippen LogP contribution in [-0.2, 0) is 4.79 Å². The molecule has 2 aromatic rings. The highest BCUT2D eigenvalue weighted by atomic mass is 16.2. The van der Waals surface area contributed by atoms with Crippen molar-refractivity contribution in [2.24, 2.45) is 0 Å². The fourth-order valence-corrected chi connectivity index (χ4v) is 2.54. The zero-order valence-electron chi connectivity index (χ0n) is 12.3. The van der Waals surface area contributed by atoms with Crippen LogP contribution in [-0.4, -0.2) is 41.3 Å². The van der Waals surface area contributed by atoms with E-state index < -0.39 is 0 Å². The zero-order chi connectivity index (χ0) is 16.2. The summed E-state index contributed by atoms with van der Waals surface area (Å²) in [6.07, 6.45) is 3.28. The second kappa shape index (κ2) is 6.28. The summed E-state index contributed by atoms with van der Waals surface area (Å²) >= 11 is 0. The first-order valence-electron chi connectivity index (χ1n) is 7.19. The van der Waals surface area contributed by atoms with Gasteiger partial charge in [-0.25, -0.2) is 0 Å². The average molecular weight is 306 g/mol. The molecule has 0 aliphatic carbocycles. The Labute approximate surface area is 133 Å². The largest absolute Gasteiger partial charge is 0.328 e. The van der Waals surface area contributed by atoms with Gasteiger partial charge in [-0.1, -0.05) is 6.07 Å². The number of anilines is 1. The van der Waals surface area contributed by atoms with E-state index in [-0.39, 0.29) is 18.4 Å². The summed E-state index contributed by atoms with van der Waals surface area (Å²) in [6, 6.07) is 12.1. The number of nitriles is 1. The van der Waals surface area contributed by atoms with Gasteiger partial charge < -0.3 is 9.80 Å². The molecule has 2 amide bonds.